The Balaban J connectivity index is 1.61. The van der Waals surface area contributed by atoms with Gasteiger partial charge in [0.2, 0.25) is 5.88 Å². The summed E-state index contributed by atoms with van der Waals surface area (Å²) in [7, 11) is 0. The summed E-state index contributed by atoms with van der Waals surface area (Å²) in [4.78, 5) is 16.5. The van der Waals surface area contributed by atoms with Crippen LogP contribution in [0.5, 0.6) is 11.5 Å². The minimum atomic E-state index is -4.37. The topological polar surface area (TPSA) is 68.1 Å². The van der Waals surface area contributed by atoms with E-state index in [9.17, 15) is 18.0 Å². The second-order valence-electron chi connectivity index (χ2n) is 8.58. The summed E-state index contributed by atoms with van der Waals surface area (Å²) in [5.74, 6) is -2.45. The number of carboxylic acid groups (broad SMARTS) is 1. The summed E-state index contributed by atoms with van der Waals surface area (Å²) in [5.41, 5.74) is 2.62. The molecule has 9 heteroatoms. The number of carboxylic acids is 1. The van der Waals surface area contributed by atoms with Crippen LogP contribution in [0, 0.1) is 18.8 Å². The van der Waals surface area contributed by atoms with Gasteiger partial charge in [-0.1, -0.05) is 49.0 Å². The zero-order chi connectivity index (χ0) is 26.6. The van der Waals surface area contributed by atoms with E-state index in [1.165, 1.54) is 24.8 Å². The van der Waals surface area contributed by atoms with Gasteiger partial charge in [-0.3, -0.25) is 0 Å². The summed E-state index contributed by atoms with van der Waals surface area (Å²) in [6.45, 7) is 2.90. The van der Waals surface area contributed by atoms with Crippen LogP contribution >= 0.6 is 11.8 Å². The van der Waals surface area contributed by atoms with Crippen molar-refractivity contribution in [2.24, 2.45) is 16.8 Å². The lowest BCUT2D eigenvalue weighted by molar-refractivity contribution is -0.161. The van der Waals surface area contributed by atoms with Gasteiger partial charge in [-0.25, -0.2) is 9.79 Å². The number of nitrogens with zero attached hydrogens (tertiary/aromatic N) is 1. The molecular weight excluding hydrogens is 503 g/mol. The normalized spacial score (nSPS) is 17.3. The van der Waals surface area contributed by atoms with E-state index in [0.29, 0.717) is 11.5 Å². The molecule has 4 rings (SSSR count). The van der Waals surface area contributed by atoms with Crippen molar-refractivity contribution in [3.05, 3.63) is 84.3 Å². The summed E-state index contributed by atoms with van der Waals surface area (Å²) in [6.07, 6.45) is -2.08. The van der Waals surface area contributed by atoms with Gasteiger partial charge in [-0.15, -0.1) is 0 Å². The zero-order valence-corrected chi connectivity index (χ0v) is 20.8. The number of aliphatic carboxylic acids is 1. The molecule has 3 aromatic carbocycles. The molecule has 0 bridgehead atoms. The van der Waals surface area contributed by atoms with E-state index in [2.05, 4.69) is 4.99 Å². The Bertz CT molecular complexity index is 1340. The Morgan fingerprint density at radius 3 is 2.43 bits per heavy atom. The van der Waals surface area contributed by atoms with Gasteiger partial charge >= 0.3 is 12.1 Å². The molecule has 5 nitrogen and oxygen atoms in total. The largest absolute Gasteiger partial charge is 0.482 e. The molecule has 3 aromatic rings. The number of hydrogen-bond donors (Lipinski definition) is 1. The molecule has 2 unspecified atom stereocenters. The summed E-state index contributed by atoms with van der Waals surface area (Å²) < 4.78 is 50.8. The van der Waals surface area contributed by atoms with E-state index in [4.69, 9.17) is 14.6 Å². The number of aryl methyl sites for hydroxylation is 1. The average molecular weight is 528 g/mol. The lowest BCUT2D eigenvalue weighted by atomic mass is 9.93. The van der Waals surface area contributed by atoms with Crippen molar-refractivity contribution < 1.29 is 32.5 Å². The molecule has 0 spiro atoms. The van der Waals surface area contributed by atoms with Crippen molar-refractivity contribution >= 4 is 23.9 Å². The first-order valence-corrected chi connectivity index (χ1v) is 12.2. The Labute approximate surface area is 216 Å². The van der Waals surface area contributed by atoms with Gasteiger partial charge in [0.05, 0.1) is 5.92 Å². The molecule has 0 amide bonds. The molecule has 0 aliphatic carbocycles. The Morgan fingerprint density at radius 1 is 1.03 bits per heavy atom. The van der Waals surface area contributed by atoms with E-state index in [0.717, 1.165) is 32.7 Å². The molecule has 0 radical (unpaired) electrons. The maximum absolute atomic E-state index is 13.2. The van der Waals surface area contributed by atoms with Crippen molar-refractivity contribution in [2.45, 2.75) is 29.8 Å². The molecule has 0 saturated heterocycles. The van der Waals surface area contributed by atoms with Gasteiger partial charge in [0.15, 0.2) is 6.61 Å². The number of aliphatic imine (C=N–C) groups is 1. The Kier molecular flexibility index (Phi) is 7.92. The Morgan fingerprint density at radius 2 is 1.78 bits per heavy atom. The summed E-state index contributed by atoms with van der Waals surface area (Å²) in [6, 6.07) is 20.7. The van der Waals surface area contributed by atoms with Gasteiger partial charge in [0, 0.05) is 16.0 Å². The quantitative estimate of drug-likeness (QED) is 0.331. The molecule has 37 heavy (non-hydrogen) atoms. The van der Waals surface area contributed by atoms with Gasteiger partial charge in [-0.2, -0.15) is 13.2 Å². The summed E-state index contributed by atoms with van der Waals surface area (Å²) in [5, 5.41) is 8.84. The average Bonchev–Trinajstić information content (AvgIpc) is 2.83. The molecule has 0 fully saturated rings. The standard InChI is InChI=1S/C28H24F3NO4S/c1-17-11-26(32-15-24(17)28(29,30)31)36-21-12-20(19-6-4-3-5-7-19)13-23(14-21)37-22-8-9-25(18(2)10-22)35-16-27(33)34/h3-15,17,24H,16H2,1-2H3,(H,33,34). The first-order valence-electron chi connectivity index (χ1n) is 11.4. The molecular formula is C28H24F3NO4S. The third-order valence-corrected chi connectivity index (χ3v) is 6.62. The fraction of sp³-hybridized carbons (Fsp3) is 0.214. The van der Waals surface area contributed by atoms with E-state index in [-0.39, 0.29) is 5.88 Å². The monoisotopic (exact) mass is 527 g/mol. The van der Waals surface area contributed by atoms with Gasteiger partial charge < -0.3 is 14.6 Å². The number of ether oxygens (including phenoxy) is 2. The number of hydrogen-bond acceptors (Lipinski definition) is 5. The number of alkyl halides is 3. The lowest BCUT2D eigenvalue weighted by Crippen LogP contribution is -2.31. The van der Waals surface area contributed by atoms with E-state index >= 15 is 0 Å². The third kappa shape index (κ3) is 6.95. The van der Waals surface area contributed by atoms with Crippen LogP contribution in [0.1, 0.15) is 12.5 Å². The lowest BCUT2D eigenvalue weighted by Gasteiger charge is -2.24. The number of halogens is 3. The van der Waals surface area contributed by atoms with E-state index in [1.54, 1.807) is 12.1 Å². The predicted octanol–water partition coefficient (Wildman–Crippen LogP) is 7.40. The zero-order valence-electron chi connectivity index (χ0n) is 20.0. The van der Waals surface area contributed by atoms with Crippen LogP contribution in [0.15, 0.2) is 93.5 Å². The van der Waals surface area contributed by atoms with E-state index < -0.39 is 30.6 Å². The molecule has 0 aromatic heterocycles. The predicted molar refractivity (Wildman–Crippen MR) is 136 cm³/mol. The maximum atomic E-state index is 13.2. The molecule has 1 aliphatic heterocycles. The highest BCUT2D eigenvalue weighted by Gasteiger charge is 2.42. The van der Waals surface area contributed by atoms with Crippen molar-refractivity contribution in [2.75, 3.05) is 6.61 Å². The minimum Gasteiger partial charge on any atom is -0.482 e. The van der Waals surface area contributed by atoms with Gasteiger partial charge in [-0.05, 0) is 72.0 Å². The van der Waals surface area contributed by atoms with Gasteiger partial charge in [0.1, 0.15) is 11.5 Å². The van der Waals surface area contributed by atoms with Crippen molar-refractivity contribution in [1.29, 1.82) is 0 Å². The smallest absolute Gasteiger partial charge is 0.397 e. The molecule has 192 valence electrons. The summed E-state index contributed by atoms with van der Waals surface area (Å²) >= 11 is 1.47. The number of benzene rings is 3. The molecule has 2 atom stereocenters. The van der Waals surface area contributed by atoms with Crippen LogP contribution < -0.4 is 9.47 Å². The van der Waals surface area contributed by atoms with Crippen LogP contribution in [0.2, 0.25) is 0 Å². The fourth-order valence-electron chi connectivity index (χ4n) is 3.83. The first kappa shape index (κ1) is 26.3. The number of carbonyl (C=O) groups is 1. The van der Waals surface area contributed by atoms with Crippen LogP contribution in [-0.4, -0.2) is 30.1 Å². The second kappa shape index (κ2) is 11.1. The van der Waals surface area contributed by atoms with E-state index in [1.807, 2.05) is 61.5 Å². The Hall–Kier alpha value is -3.72. The molecule has 1 aliphatic rings. The maximum Gasteiger partial charge on any atom is 0.397 e. The fourth-order valence-corrected chi connectivity index (χ4v) is 4.84. The van der Waals surface area contributed by atoms with Crippen LogP contribution in [0.3, 0.4) is 0 Å². The van der Waals surface area contributed by atoms with Gasteiger partial charge in [0.25, 0.3) is 0 Å². The molecule has 0 saturated carbocycles. The van der Waals surface area contributed by atoms with Crippen molar-refractivity contribution in [3.8, 4) is 22.6 Å². The molecule has 1 N–H and O–H groups in total. The number of rotatable bonds is 8. The van der Waals surface area contributed by atoms with Crippen molar-refractivity contribution in [3.63, 3.8) is 0 Å². The minimum absolute atomic E-state index is 0.116. The highest BCUT2D eigenvalue weighted by molar-refractivity contribution is 7.99. The highest BCUT2D eigenvalue weighted by Crippen LogP contribution is 2.38. The van der Waals surface area contributed by atoms with Crippen LogP contribution in [0.4, 0.5) is 13.2 Å². The van der Waals surface area contributed by atoms with Crippen molar-refractivity contribution in [1.82, 2.24) is 0 Å². The number of allylic oxidation sites excluding steroid dienone is 1. The first-order chi connectivity index (χ1) is 17.6. The van der Waals surface area contributed by atoms with Crippen LogP contribution in [0.25, 0.3) is 11.1 Å². The highest BCUT2D eigenvalue weighted by atomic mass is 32.2. The third-order valence-electron chi connectivity index (χ3n) is 5.66. The second-order valence-corrected chi connectivity index (χ2v) is 9.73. The molecule has 1 heterocycles. The van der Waals surface area contributed by atoms with Crippen LogP contribution in [-0.2, 0) is 4.79 Å². The SMILES string of the molecule is Cc1cc(Sc2cc(OC3=CC(C)C(C(F)(F)F)C=N3)cc(-c3ccccc3)c2)ccc1OCC(=O)O.